The summed E-state index contributed by atoms with van der Waals surface area (Å²) in [6.07, 6.45) is 3.52. The normalized spacial score (nSPS) is 23.2. The van der Waals surface area contributed by atoms with E-state index in [0.29, 0.717) is 12.0 Å². The molecule has 0 saturated carbocycles. The summed E-state index contributed by atoms with van der Waals surface area (Å²) in [6.45, 7) is 5.30. The summed E-state index contributed by atoms with van der Waals surface area (Å²) in [5, 5.41) is 0. The number of rotatable bonds is 4. The average Bonchev–Trinajstić information content (AvgIpc) is 2.35. The van der Waals surface area contributed by atoms with E-state index in [1.807, 2.05) is 6.07 Å². The summed E-state index contributed by atoms with van der Waals surface area (Å²) in [5.74, 6) is 1.61. The van der Waals surface area contributed by atoms with Crippen molar-refractivity contribution in [3.8, 4) is 5.75 Å². The van der Waals surface area contributed by atoms with Crippen molar-refractivity contribution in [3.05, 3.63) is 29.3 Å². The lowest BCUT2D eigenvalue weighted by Crippen LogP contribution is -2.31. The second-order valence-corrected chi connectivity index (χ2v) is 4.89. The molecule has 94 valence electrons. The van der Waals surface area contributed by atoms with Crippen LogP contribution in [0.3, 0.4) is 0 Å². The minimum absolute atomic E-state index is 0.346. The molecule has 0 bridgehead atoms. The Bertz CT molecular complexity index is 373. The molecule has 0 amide bonds. The molecule has 2 rings (SSSR count). The lowest BCUT2D eigenvalue weighted by molar-refractivity contribution is 0.0129. The molecule has 0 fully saturated rings. The first kappa shape index (κ1) is 12.4. The summed E-state index contributed by atoms with van der Waals surface area (Å²) >= 11 is 0. The summed E-state index contributed by atoms with van der Waals surface area (Å²) in [4.78, 5) is 0. The Kier molecular flexibility index (Phi) is 4.06. The van der Waals surface area contributed by atoms with Gasteiger partial charge in [0.05, 0.1) is 13.2 Å². The van der Waals surface area contributed by atoms with Crippen molar-refractivity contribution in [2.24, 2.45) is 5.92 Å². The number of benzene rings is 1. The van der Waals surface area contributed by atoms with Gasteiger partial charge in [-0.25, -0.2) is 0 Å². The van der Waals surface area contributed by atoms with Crippen LogP contribution in [0.2, 0.25) is 0 Å². The largest absolute Gasteiger partial charge is 0.496 e. The SMILES string of the molecule is CCCO[C@@H]1Cc2c(cccc2OC)CC1C. The van der Waals surface area contributed by atoms with Crippen LogP contribution in [0.4, 0.5) is 0 Å². The van der Waals surface area contributed by atoms with Gasteiger partial charge in [0.2, 0.25) is 0 Å². The van der Waals surface area contributed by atoms with Gasteiger partial charge in [-0.05, 0) is 36.0 Å². The van der Waals surface area contributed by atoms with Crippen LogP contribution in [-0.2, 0) is 17.6 Å². The van der Waals surface area contributed by atoms with Crippen molar-refractivity contribution in [2.75, 3.05) is 13.7 Å². The van der Waals surface area contributed by atoms with Crippen LogP contribution in [0.5, 0.6) is 5.75 Å². The van der Waals surface area contributed by atoms with Crippen molar-refractivity contribution < 1.29 is 9.47 Å². The van der Waals surface area contributed by atoms with Crippen LogP contribution < -0.4 is 4.74 Å². The molecule has 0 N–H and O–H groups in total. The third-order valence-electron chi connectivity index (χ3n) is 3.57. The van der Waals surface area contributed by atoms with Gasteiger partial charge >= 0.3 is 0 Å². The highest BCUT2D eigenvalue weighted by Crippen LogP contribution is 2.33. The monoisotopic (exact) mass is 234 g/mol. The van der Waals surface area contributed by atoms with Crippen LogP contribution in [-0.4, -0.2) is 19.8 Å². The van der Waals surface area contributed by atoms with E-state index in [-0.39, 0.29) is 0 Å². The zero-order chi connectivity index (χ0) is 12.3. The first-order valence-electron chi connectivity index (χ1n) is 6.52. The third kappa shape index (κ3) is 2.63. The molecule has 1 unspecified atom stereocenters. The molecule has 1 aromatic carbocycles. The lowest BCUT2D eigenvalue weighted by Gasteiger charge is -2.31. The van der Waals surface area contributed by atoms with E-state index >= 15 is 0 Å². The zero-order valence-electron chi connectivity index (χ0n) is 11.0. The quantitative estimate of drug-likeness (QED) is 0.796. The number of hydrogen-bond donors (Lipinski definition) is 0. The van der Waals surface area contributed by atoms with E-state index in [1.54, 1.807) is 7.11 Å². The van der Waals surface area contributed by atoms with E-state index in [2.05, 4.69) is 26.0 Å². The molecule has 0 aromatic heterocycles. The van der Waals surface area contributed by atoms with Gasteiger partial charge in [0.1, 0.15) is 5.75 Å². The number of fused-ring (bicyclic) bond motifs is 1. The van der Waals surface area contributed by atoms with Crippen LogP contribution >= 0.6 is 0 Å². The van der Waals surface area contributed by atoms with Crippen LogP contribution in [0, 0.1) is 5.92 Å². The highest BCUT2D eigenvalue weighted by atomic mass is 16.5. The summed E-state index contributed by atoms with van der Waals surface area (Å²) < 4.78 is 11.4. The summed E-state index contributed by atoms with van der Waals surface area (Å²) in [5.41, 5.74) is 2.77. The van der Waals surface area contributed by atoms with Crippen molar-refractivity contribution in [1.29, 1.82) is 0 Å². The minimum Gasteiger partial charge on any atom is -0.496 e. The van der Waals surface area contributed by atoms with E-state index in [0.717, 1.165) is 31.6 Å². The molecule has 1 aliphatic carbocycles. The maximum absolute atomic E-state index is 5.95. The fourth-order valence-electron chi connectivity index (χ4n) is 2.60. The molecule has 0 radical (unpaired) electrons. The van der Waals surface area contributed by atoms with Gasteiger partial charge in [-0.3, -0.25) is 0 Å². The van der Waals surface area contributed by atoms with Gasteiger partial charge in [0.25, 0.3) is 0 Å². The van der Waals surface area contributed by atoms with Gasteiger partial charge in [-0.2, -0.15) is 0 Å². The third-order valence-corrected chi connectivity index (χ3v) is 3.57. The standard InChI is InChI=1S/C15H22O2/c1-4-8-17-15-10-13-12(9-11(15)2)6-5-7-14(13)16-3/h5-7,11,15H,4,8-10H2,1-3H3/t11?,15-/m1/s1. The Labute approximate surface area is 104 Å². The first-order valence-corrected chi connectivity index (χ1v) is 6.52. The highest BCUT2D eigenvalue weighted by Gasteiger charge is 2.27. The van der Waals surface area contributed by atoms with Crippen LogP contribution in [0.25, 0.3) is 0 Å². The van der Waals surface area contributed by atoms with Crippen molar-refractivity contribution >= 4 is 0 Å². The van der Waals surface area contributed by atoms with E-state index in [4.69, 9.17) is 9.47 Å². The molecule has 17 heavy (non-hydrogen) atoms. The van der Waals surface area contributed by atoms with Gasteiger partial charge in [0.15, 0.2) is 0 Å². The fourth-order valence-corrected chi connectivity index (χ4v) is 2.60. The van der Waals surface area contributed by atoms with Gasteiger partial charge in [0, 0.05) is 13.0 Å². The lowest BCUT2D eigenvalue weighted by atomic mass is 9.82. The van der Waals surface area contributed by atoms with Crippen molar-refractivity contribution in [2.45, 2.75) is 39.2 Å². The molecular formula is C15H22O2. The van der Waals surface area contributed by atoms with Crippen molar-refractivity contribution in [1.82, 2.24) is 0 Å². The molecule has 0 saturated heterocycles. The van der Waals surface area contributed by atoms with Gasteiger partial charge in [-0.15, -0.1) is 0 Å². The number of hydrogen-bond acceptors (Lipinski definition) is 2. The fraction of sp³-hybridized carbons (Fsp3) is 0.600. The summed E-state index contributed by atoms with van der Waals surface area (Å²) in [7, 11) is 1.75. The molecule has 2 nitrogen and oxygen atoms in total. The maximum atomic E-state index is 5.95. The zero-order valence-corrected chi connectivity index (χ0v) is 11.0. The first-order chi connectivity index (χ1) is 8.26. The molecule has 0 spiro atoms. The summed E-state index contributed by atoms with van der Waals surface area (Å²) in [6, 6.07) is 6.34. The Morgan fingerprint density at radius 2 is 2.12 bits per heavy atom. The number of methoxy groups -OCH3 is 1. The average molecular weight is 234 g/mol. The smallest absolute Gasteiger partial charge is 0.122 e. The second-order valence-electron chi connectivity index (χ2n) is 4.89. The predicted molar refractivity (Wildman–Crippen MR) is 69.6 cm³/mol. The molecule has 0 aliphatic heterocycles. The van der Waals surface area contributed by atoms with E-state index in [9.17, 15) is 0 Å². The van der Waals surface area contributed by atoms with E-state index in [1.165, 1.54) is 11.1 Å². The molecule has 2 heteroatoms. The topological polar surface area (TPSA) is 18.5 Å². The van der Waals surface area contributed by atoms with Crippen LogP contribution in [0.1, 0.15) is 31.4 Å². The molecule has 2 atom stereocenters. The molecular weight excluding hydrogens is 212 g/mol. The predicted octanol–water partition coefficient (Wildman–Crippen LogP) is 3.23. The molecule has 0 heterocycles. The minimum atomic E-state index is 0.346. The Hall–Kier alpha value is -1.02. The Morgan fingerprint density at radius 1 is 1.29 bits per heavy atom. The highest BCUT2D eigenvalue weighted by molar-refractivity contribution is 5.42. The second kappa shape index (κ2) is 5.54. The van der Waals surface area contributed by atoms with E-state index < -0.39 is 0 Å². The van der Waals surface area contributed by atoms with Gasteiger partial charge < -0.3 is 9.47 Å². The Morgan fingerprint density at radius 3 is 2.82 bits per heavy atom. The maximum Gasteiger partial charge on any atom is 0.122 e. The molecule has 1 aliphatic rings. The number of ether oxygens (including phenoxy) is 2. The van der Waals surface area contributed by atoms with Crippen molar-refractivity contribution in [3.63, 3.8) is 0 Å². The van der Waals surface area contributed by atoms with Gasteiger partial charge in [-0.1, -0.05) is 26.0 Å². The van der Waals surface area contributed by atoms with Crippen LogP contribution in [0.15, 0.2) is 18.2 Å². The Balaban J connectivity index is 2.19. The molecule has 1 aromatic rings.